The number of anilines is 1. The number of carbonyl (C=O) groups is 1. The van der Waals surface area contributed by atoms with Crippen molar-refractivity contribution in [1.82, 2.24) is 9.88 Å². The Morgan fingerprint density at radius 1 is 1.55 bits per heavy atom. The van der Waals surface area contributed by atoms with Gasteiger partial charge in [-0.25, -0.2) is 4.98 Å². The van der Waals surface area contributed by atoms with Crippen LogP contribution in [0.15, 0.2) is 5.38 Å². The van der Waals surface area contributed by atoms with Gasteiger partial charge < -0.3 is 15.3 Å². The Kier molecular flexibility index (Phi) is 5.79. The molecule has 5 nitrogen and oxygen atoms in total. The quantitative estimate of drug-likeness (QED) is 0.808. The van der Waals surface area contributed by atoms with Crippen LogP contribution < -0.4 is 5.32 Å². The number of thiazole rings is 1. The van der Waals surface area contributed by atoms with Crippen LogP contribution in [0, 0.1) is 5.92 Å². The first kappa shape index (κ1) is 15.3. The Morgan fingerprint density at radius 2 is 2.30 bits per heavy atom. The lowest BCUT2D eigenvalue weighted by molar-refractivity contribution is -0.136. The first-order valence-corrected chi connectivity index (χ1v) is 8.17. The molecule has 0 radical (unpaired) electrons. The minimum Gasteiger partial charge on any atom is -0.481 e. The average Bonchev–Trinajstić information content (AvgIpc) is 2.91. The van der Waals surface area contributed by atoms with E-state index in [1.807, 2.05) is 5.38 Å². The monoisotopic (exact) mass is 297 g/mol. The topological polar surface area (TPSA) is 65.5 Å². The molecule has 1 fully saturated rings. The fourth-order valence-corrected chi connectivity index (χ4v) is 3.23. The summed E-state index contributed by atoms with van der Waals surface area (Å²) in [4.78, 5) is 17.4. The lowest BCUT2D eigenvalue weighted by Crippen LogP contribution is -2.35. The summed E-state index contributed by atoms with van der Waals surface area (Å²) in [5.74, 6) is -0.0423. The molecule has 0 bridgehead atoms. The Bertz CT molecular complexity index is 428. The molecule has 2 heterocycles. The highest BCUT2D eigenvalue weighted by Crippen LogP contribution is 2.20. The van der Waals surface area contributed by atoms with Gasteiger partial charge in [0.1, 0.15) is 0 Å². The molecule has 1 aliphatic heterocycles. The van der Waals surface area contributed by atoms with E-state index in [1.54, 1.807) is 11.3 Å². The number of likely N-dealkylation sites (tertiary alicyclic amines) is 1. The Labute approximate surface area is 124 Å². The molecule has 20 heavy (non-hydrogen) atoms. The van der Waals surface area contributed by atoms with Gasteiger partial charge in [0.05, 0.1) is 12.1 Å². The van der Waals surface area contributed by atoms with Crippen LogP contribution in [0.25, 0.3) is 0 Å². The molecule has 0 aromatic carbocycles. The number of nitrogens with one attached hydrogen (secondary N) is 1. The standard InChI is InChI=1S/C14H23N3O2S/c1-2-17-7-5-11(6-8-17)9-15-14-16-12(10-20-14)3-4-13(18)19/h10-11H,2-9H2,1H3,(H,15,16)(H,18,19). The van der Waals surface area contributed by atoms with Crippen molar-refractivity contribution in [3.63, 3.8) is 0 Å². The summed E-state index contributed by atoms with van der Waals surface area (Å²) in [6.45, 7) is 6.74. The van der Waals surface area contributed by atoms with E-state index in [1.165, 1.54) is 25.9 Å². The van der Waals surface area contributed by atoms with E-state index < -0.39 is 5.97 Å². The van der Waals surface area contributed by atoms with Crippen molar-refractivity contribution >= 4 is 22.4 Å². The summed E-state index contributed by atoms with van der Waals surface area (Å²) in [5, 5.41) is 14.9. The number of nitrogens with zero attached hydrogens (tertiary/aromatic N) is 2. The molecule has 2 rings (SSSR count). The van der Waals surface area contributed by atoms with Crippen LogP contribution in [0.2, 0.25) is 0 Å². The molecule has 0 amide bonds. The number of aromatic nitrogens is 1. The average molecular weight is 297 g/mol. The smallest absolute Gasteiger partial charge is 0.303 e. The van der Waals surface area contributed by atoms with Crippen LogP contribution in [0.5, 0.6) is 0 Å². The van der Waals surface area contributed by atoms with E-state index in [0.717, 1.165) is 29.8 Å². The highest BCUT2D eigenvalue weighted by molar-refractivity contribution is 7.13. The Hall–Kier alpha value is -1.14. The van der Waals surface area contributed by atoms with Gasteiger partial charge in [-0.05, 0) is 38.4 Å². The molecule has 1 saturated heterocycles. The number of aliphatic carboxylic acids is 1. The summed E-state index contributed by atoms with van der Waals surface area (Å²) in [5.41, 5.74) is 0.876. The van der Waals surface area contributed by atoms with E-state index in [4.69, 9.17) is 5.11 Å². The molecule has 6 heteroatoms. The maximum atomic E-state index is 10.5. The normalized spacial score (nSPS) is 17.2. The molecule has 112 valence electrons. The van der Waals surface area contributed by atoms with Crippen LogP contribution in [0.3, 0.4) is 0 Å². The summed E-state index contributed by atoms with van der Waals surface area (Å²) in [6.07, 6.45) is 3.16. The summed E-state index contributed by atoms with van der Waals surface area (Å²) in [6, 6.07) is 0. The molecule has 1 aromatic heterocycles. The third kappa shape index (κ3) is 4.76. The van der Waals surface area contributed by atoms with Crippen LogP contribution in [-0.2, 0) is 11.2 Å². The zero-order valence-corrected chi connectivity index (χ0v) is 12.8. The summed E-state index contributed by atoms with van der Waals surface area (Å²) >= 11 is 1.57. The zero-order valence-electron chi connectivity index (χ0n) is 12.0. The number of aryl methyl sites for hydroxylation is 1. The number of hydrogen-bond acceptors (Lipinski definition) is 5. The summed E-state index contributed by atoms with van der Waals surface area (Å²) < 4.78 is 0. The predicted octanol–water partition coefficient (Wildman–Crippen LogP) is 2.30. The van der Waals surface area contributed by atoms with Crippen molar-refractivity contribution in [3.05, 3.63) is 11.1 Å². The fraction of sp³-hybridized carbons (Fsp3) is 0.714. The fourth-order valence-electron chi connectivity index (χ4n) is 2.48. The maximum Gasteiger partial charge on any atom is 0.303 e. The van der Waals surface area contributed by atoms with Gasteiger partial charge in [-0.2, -0.15) is 0 Å². The Balaban J connectivity index is 1.70. The Morgan fingerprint density at radius 3 is 2.95 bits per heavy atom. The van der Waals surface area contributed by atoms with E-state index in [9.17, 15) is 4.79 Å². The van der Waals surface area contributed by atoms with Crippen molar-refractivity contribution in [2.45, 2.75) is 32.6 Å². The largest absolute Gasteiger partial charge is 0.481 e. The highest BCUT2D eigenvalue weighted by Gasteiger charge is 2.18. The minimum atomic E-state index is -0.768. The van der Waals surface area contributed by atoms with Gasteiger partial charge in [-0.3, -0.25) is 4.79 Å². The van der Waals surface area contributed by atoms with Gasteiger partial charge in [0.25, 0.3) is 0 Å². The maximum absolute atomic E-state index is 10.5. The van der Waals surface area contributed by atoms with Crippen molar-refractivity contribution in [1.29, 1.82) is 0 Å². The second-order valence-electron chi connectivity index (χ2n) is 5.30. The first-order chi connectivity index (χ1) is 9.67. The lowest BCUT2D eigenvalue weighted by atomic mass is 9.97. The number of carboxylic acid groups (broad SMARTS) is 1. The molecule has 1 aliphatic rings. The SMILES string of the molecule is CCN1CCC(CNc2nc(CCC(=O)O)cs2)CC1. The van der Waals surface area contributed by atoms with E-state index in [2.05, 4.69) is 22.1 Å². The van der Waals surface area contributed by atoms with E-state index in [0.29, 0.717) is 6.42 Å². The number of carboxylic acids is 1. The van der Waals surface area contributed by atoms with Gasteiger partial charge in [-0.1, -0.05) is 6.92 Å². The summed E-state index contributed by atoms with van der Waals surface area (Å²) in [7, 11) is 0. The number of hydrogen-bond donors (Lipinski definition) is 2. The van der Waals surface area contributed by atoms with Crippen LogP contribution >= 0.6 is 11.3 Å². The van der Waals surface area contributed by atoms with E-state index >= 15 is 0 Å². The molecule has 0 saturated carbocycles. The highest BCUT2D eigenvalue weighted by atomic mass is 32.1. The zero-order chi connectivity index (χ0) is 14.4. The van der Waals surface area contributed by atoms with Crippen LogP contribution in [-0.4, -0.2) is 47.1 Å². The molecule has 0 aliphatic carbocycles. The van der Waals surface area contributed by atoms with Gasteiger partial charge in [0.2, 0.25) is 0 Å². The third-order valence-corrected chi connectivity index (χ3v) is 4.69. The van der Waals surface area contributed by atoms with Crippen molar-refractivity contribution in [3.8, 4) is 0 Å². The van der Waals surface area contributed by atoms with Crippen LogP contribution in [0.4, 0.5) is 5.13 Å². The van der Waals surface area contributed by atoms with Gasteiger partial charge in [-0.15, -0.1) is 11.3 Å². The molecular weight excluding hydrogens is 274 g/mol. The predicted molar refractivity (Wildman–Crippen MR) is 81.4 cm³/mol. The van der Waals surface area contributed by atoms with Crippen molar-refractivity contribution in [2.24, 2.45) is 5.92 Å². The van der Waals surface area contributed by atoms with E-state index in [-0.39, 0.29) is 6.42 Å². The number of piperidine rings is 1. The minimum absolute atomic E-state index is 0.151. The molecule has 1 aromatic rings. The van der Waals surface area contributed by atoms with Gasteiger partial charge in [0.15, 0.2) is 5.13 Å². The second kappa shape index (κ2) is 7.59. The van der Waals surface area contributed by atoms with Crippen molar-refractivity contribution in [2.75, 3.05) is 31.5 Å². The first-order valence-electron chi connectivity index (χ1n) is 7.29. The molecule has 0 spiro atoms. The van der Waals surface area contributed by atoms with Gasteiger partial charge in [0, 0.05) is 18.3 Å². The molecule has 2 N–H and O–H groups in total. The second-order valence-corrected chi connectivity index (χ2v) is 6.15. The molecular formula is C14H23N3O2S. The lowest BCUT2D eigenvalue weighted by Gasteiger charge is -2.30. The van der Waals surface area contributed by atoms with Gasteiger partial charge >= 0.3 is 5.97 Å². The third-order valence-electron chi connectivity index (χ3n) is 3.84. The molecule has 0 unspecified atom stereocenters. The molecule has 0 atom stereocenters. The van der Waals surface area contributed by atoms with Crippen molar-refractivity contribution < 1.29 is 9.90 Å². The van der Waals surface area contributed by atoms with Crippen LogP contribution in [0.1, 0.15) is 31.9 Å². The number of rotatable bonds is 7.